The Morgan fingerprint density at radius 3 is 0.310 bits per heavy atom. The molecule has 0 aliphatic carbocycles. The van der Waals surface area contributed by atoms with E-state index in [1.54, 1.807) is 0 Å². The SMILES string of the molecule is O=P([O-])([O-])[O-].O=P([O-])([O-])[O-].O=P([O-])([O-])[O-].O=P([O-])([O-])[O-].[Ag].[Ag].[Ag].[NaH].[NaH].[NaH].[Zr+4].[Zr+4].[Zr+4]. The molecule has 0 fully saturated rings. The Bertz CT molecular complexity index is 319. The zero-order valence-corrected chi connectivity index (χ0v) is 26.1. The second-order valence-corrected chi connectivity index (χ2v) is 5.37. The first kappa shape index (κ1) is 83.2. The van der Waals surface area contributed by atoms with E-state index in [0.29, 0.717) is 0 Å². The molecule has 0 amide bonds. The van der Waals surface area contributed by atoms with Crippen LogP contribution in [0.15, 0.2) is 0 Å². The Kier molecular flexibility index (Phi) is 124. The van der Waals surface area contributed by atoms with Crippen molar-refractivity contribution in [3.8, 4) is 0 Å². The third-order valence-electron chi connectivity index (χ3n) is 0. The van der Waals surface area contributed by atoms with Crippen molar-refractivity contribution < 1.29 is 223 Å². The molecule has 0 saturated heterocycles. The molecule has 0 N–H and O–H groups in total. The zero-order valence-electron chi connectivity index (χ0n) is 10.7. The number of phosphoric acid groups is 4. The van der Waals surface area contributed by atoms with Gasteiger partial charge in [0.2, 0.25) is 0 Å². The molecule has 29 heteroatoms. The number of hydrogen-bond donors (Lipinski definition) is 0. The Balaban J connectivity index is -0.00000000970. The van der Waals surface area contributed by atoms with Gasteiger partial charge in [0, 0.05) is 67.1 Å². The molecule has 0 aromatic rings. The van der Waals surface area contributed by atoms with Gasteiger partial charge in [-0.2, -0.15) is 31.3 Å². The summed E-state index contributed by atoms with van der Waals surface area (Å²) < 4.78 is 34.2. The second-order valence-electron chi connectivity index (χ2n) is 1.79. The van der Waals surface area contributed by atoms with Gasteiger partial charge in [0.05, 0.1) is 0 Å². The normalized spacial score (nSPS) is 8.14. The van der Waals surface area contributed by atoms with Gasteiger partial charge in [-0.3, -0.25) is 0 Å². The van der Waals surface area contributed by atoms with E-state index in [1.807, 2.05) is 0 Å². The minimum atomic E-state index is -5.39. The maximum absolute atomic E-state index is 8.55. The van der Waals surface area contributed by atoms with Gasteiger partial charge in [-0.25, -0.2) is 0 Å². The molecule has 0 rings (SSSR count). The van der Waals surface area contributed by atoms with Crippen molar-refractivity contribution >= 4 is 120 Å². The fourth-order valence-electron chi connectivity index (χ4n) is 0. The molecule has 0 heterocycles. The summed E-state index contributed by atoms with van der Waals surface area (Å²) in [4.78, 5) is 103. The average Bonchev–Trinajstić information content (AvgIpc) is 1.62. The van der Waals surface area contributed by atoms with Gasteiger partial charge in [-0.1, -0.05) is 0 Å². The smallest absolute Gasteiger partial charge is 4.00 e. The minimum absolute atomic E-state index is 0. The summed E-state index contributed by atoms with van der Waals surface area (Å²) in [7, 11) is -21.6. The van der Waals surface area contributed by atoms with Crippen LogP contribution in [0.25, 0.3) is 0 Å². The molecule has 0 unspecified atom stereocenters. The molecule has 0 aromatic heterocycles. The van der Waals surface area contributed by atoms with E-state index in [9.17, 15) is 0 Å². The molecular formula is H3Ag3Na3O16P4Zr3. The molecule has 0 spiro atoms. The first-order chi connectivity index (χ1) is 8.00. The molecule has 0 aliphatic rings. The molecule has 3 radical (unpaired) electrons. The molecule has 0 bridgehead atoms. The monoisotopic (exact) mass is 1040 g/mol. The van der Waals surface area contributed by atoms with Crippen LogP contribution < -0.4 is 58.7 Å². The van der Waals surface area contributed by atoms with E-state index in [0.717, 1.165) is 0 Å². The van der Waals surface area contributed by atoms with Crippen molar-refractivity contribution in [2.24, 2.45) is 0 Å². The van der Waals surface area contributed by atoms with Crippen LogP contribution in [-0.4, -0.2) is 88.7 Å². The van der Waals surface area contributed by atoms with Crippen molar-refractivity contribution in [1.29, 1.82) is 0 Å². The van der Waals surface area contributed by atoms with E-state index in [2.05, 4.69) is 0 Å². The van der Waals surface area contributed by atoms with Crippen LogP contribution >= 0.6 is 31.3 Å². The van der Waals surface area contributed by atoms with Gasteiger partial charge < -0.3 is 77.0 Å². The Morgan fingerprint density at radius 1 is 0.310 bits per heavy atom. The summed E-state index contributed by atoms with van der Waals surface area (Å²) in [5.41, 5.74) is 0. The van der Waals surface area contributed by atoms with Crippen molar-refractivity contribution in [3.63, 3.8) is 0 Å². The molecule has 0 aromatic carbocycles. The van der Waals surface area contributed by atoms with E-state index in [1.165, 1.54) is 0 Å². The Hall–Kier alpha value is 8.31. The third-order valence-corrected chi connectivity index (χ3v) is 0. The summed E-state index contributed by atoms with van der Waals surface area (Å²) in [5, 5.41) is 0. The van der Waals surface area contributed by atoms with Crippen molar-refractivity contribution in [1.82, 2.24) is 0 Å². The Morgan fingerprint density at radius 2 is 0.310 bits per heavy atom. The van der Waals surface area contributed by atoms with E-state index in [4.69, 9.17) is 77.0 Å². The molecule has 0 saturated carbocycles. The first-order valence-electron chi connectivity index (χ1n) is 2.92. The van der Waals surface area contributed by atoms with E-state index in [-0.39, 0.29) is 234 Å². The quantitative estimate of drug-likeness (QED) is 0.161. The van der Waals surface area contributed by atoms with E-state index < -0.39 is 31.3 Å². The summed E-state index contributed by atoms with van der Waals surface area (Å²) in [6.45, 7) is 0. The minimum Gasteiger partial charge on any atom is 4.00 e. The van der Waals surface area contributed by atoms with Gasteiger partial charge in [-0.05, 0) is 0 Å². The molecule has 29 heavy (non-hydrogen) atoms. The summed E-state index contributed by atoms with van der Waals surface area (Å²) in [6.07, 6.45) is 0. The van der Waals surface area contributed by atoms with Crippen LogP contribution in [0.1, 0.15) is 0 Å². The third kappa shape index (κ3) is 619. The predicted molar refractivity (Wildman–Crippen MR) is 51.9 cm³/mol. The van der Waals surface area contributed by atoms with Gasteiger partial charge in [-0.15, -0.1) is 0 Å². The molecule has 16 nitrogen and oxygen atoms in total. The number of hydrogen-bond acceptors (Lipinski definition) is 16. The van der Waals surface area contributed by atoms with Crippen LogP contribution in [0.5, 0.6) is 0 Å². The Labute approximate surface area is 335 Å². The molecule has 167 valence electrons. The van der Waals surface area contributed by atoms with Crippen LogP contribution in [0, 0.1) is 0 Å². The maximum Gasteiger partial charge on any atom is 4.00 e. The van der Waals surface area contributed by atoms with Crippen LogP contribution in [0.3, 0.4) is 0 Å². The van der Waals surface area contributed by atoms with Crippen LogP contribution in [-0.2, 0) is 164 Å². The second kappa shape index (κ2) is 43.4. The summed E-state index contributed by atoms with van der Waals surface area (Å²) in [6, 6.07) is 0. The molecular weight excluding hydrogens is 1050 g/mol. The average molecular weight is 1050 g/mol. The molecule has 0 aliphatic heterocycles. The van der Waals surface area contributed by atoms with Gasteiger partial charge >= 0.3 is 167 Å². The zero-order chi connectivity index (χ0) is 18.0. The first-order valence-corrected chi connectivity index (χ1v) is 8.76. The summed E-state index contributed by atoms with van der Waals surface area (Å²) in [5.74, 6) is 0. The van der Waals surface area contributed by atoms with Gasteiger partial charge in [0.1, 0.15) is 0 Å². The van der Waals surface area contributed by atoms with Crippen molar-refractivity contribution in [3.05, 3.63) is 0 Å². The largest absolute Gasteiger partial charge is 4.00 e. The van der Waals surface area contributed by atoms with Gasteiger partial charge in [0.25, 0.3) is 0 Å². The van der Waals surface area contributed by atoms with Crippen LogP contribution in [0.2, 0.25) is 0 Å². The van der Waals surface area contributed by atoms with Crippen molar-refractivity contribution in [2.75, 3.05) is 0 Å². The topological polar surface area (TPSA) is 345 Å². The standard InChI is InChI=1S/3Ag.3Na.4H3O4P.3Zr.3H/c;;;;;;4*1-5(2,3)4;;;;;;/h;;;;;;4*(H3,1,2,3,4);;;;;;/q;;;;;;;;;;3*+4;;;/p-12. The maximum atomic E-state index is 8.55. The predicted octanol–water partition coefficient (Wildman–Crippen LogP) is -13.3. The summed E-state index contributed by atoms with van der Waals surface area (Å²) >= 11 is 0. The van der Waals surface area contributed by atoms with E-state index >= 15 is 0 Å². The van der Waals surface area contributed by atoms with Crippen LogP contribution in [0.4, 0.5) is 0 Å². The fourth-order valence-corrected chi connectivity index (χ4v) is 0. The van der Waals surface area contributed by atoms with Gasteiger partial charge in [0.15, 0.2) is 0 Å². The molecule has 0 atom stereocenters. The van der Waals surface area contributed by atoms with Crippen molar-refractivity contribution in [2.45, 2.75) is 0 Å². The number of rotatable bonds is 0. The fraction of sp³-hybridized carbons (Fsp3) is 0.